The molecule has 0 unspecified atom stereocenters. The van der Waals surface area contributed by atoms with Crippen molar-refractivity contribution >= 4 is 27.7 Å². The summed E-state index contributed by atoms with van der Waals surface area (Å²) in [5.41, 5.74) is 1.38. The van der Waals surface area contributed by atoms with Gasteiger partial charge in [0, 0.05) is 20.7 Å². The minimum atomic E-state index is 0.251. The normalized spacial score (nSPS) is 12.2. The van der Waals surface area contributed by atoms with Crippen LogP contribution in [0.25, 0.3) is 0 Å². The van der Waals surface area contributed by atoms with Gasteiger partial charge in [-0.15, -0.1) is 11.8 Å². The van der Waals surface area contributed by atoms with Crippen LogP contribution in [0.15, 0.2) is 27.6 Å². The van der Waals surface area contributed by atoms with Crippen LogP contribution >= 0.6 is 27.7 Å². The van der Waals surface area contributed by atoms with Gasteiger partial charge in [-0.1, -0.05) is 50.5 Å². The maximum absolute atomic E-state index is 3.56. The molecule has 3 heteroatoms. The Hall–Kier alpha value is 0.01000. The molecule has 0 amide bonds. The van der Waals surface area contributed by atoms with Gasteiger partial charge in [0.1, 0.15) is 0 Å². The molecule has 0 aliphatic rings. The van der Waals surface area contributed by atoms with Crippen molar-refractivity contribution in [2.45, 2.75) is 50.8 Å². The van der Waals surface area contributed by atoms with Crippen LogP contribution in [0, 0.1) is 5.92 Å². The van der Waals surface area contributed by atoms with E-state index in [-0.39, 0.29) is 4.75 Å². The highest BCUT2D eigenvalue weighted by Crippen LogP contribution is 2.35. The summed E-state index contributed by atoms with van der Waals surface area (Å²) in [6.45, 7) is 13.2. The van der Waals surface area contributed by atoms with Gasteiger partial charge in [0.2, 0.25) is 0 Å². The predicted octanol–water partition coefficient (Wildman–Crippen LogP) is 5.09. The maximum Gasteiger partial charge on any atom is 0.0217 e. The molecule has 0 radical (unpaired) electrons. The van der Waals surface area contributed by atoms with Crippen molar-refractivity contribution in [2.75, 3.05) is 6.54 Å². The molecule has 0 bridgehead atoms. The molecule has 0 atom stereocenters. The summed E-state index contributed by atoms with van der Waals surface area (Å²) < 4.78 is 1.41. The SMILES string of the molecule is CC(C)CNCc1cc(Br)ccc1SC(C)(C)C. The third-order valence-electron chi connectivity index (χ3n) is 2.31. The maximum atomic E-state index is 3.56. The van der Waals surface area contributed by atoms with Gasteiger partial charge in [0.25, 0.3) is 0 Å². The Morgan fingerprint density at radius 1 is 1.28 bits per heavy atom. The summed E-state index contributed by atoms with van der Waals surface area (Å²) in [6, 6.07) is 6.56. The second-order valence-electron chi connectivity index (χ2n) is 5.99. The summed E-state index contributed by atoms with van der Waals surface area (Å²) >= 11 is 5.49. The molecule has 18 heavy (non-hydrogen) atoms. The van der Waals surface area contributed by atoms with Gasteiger partial charge in [-0.2, -0.15) is 0 Å². The smallest absolute Gasteiger partial charge is 0.0217 e. The average molecular weight is 330 g/mol. The predicted molar refractivity (Wildman–Crippen MR) is 86.3 cm³/mol. The van der Waals surface area contributed by atoms with Gasteiger partial charge >= 0.3 is 0 Å². The number of halogens is 1. The molecule has 0 aliphatic heterocycles. The van der Waals surface area contributed by atoms with Gasteiger partial charge in [0.05, 0.1) is 0 Å². The molecule has 0 saturated heterocycles. The van der Waals surface area contributed by atoms with Crippen molar-refractivity contribution in [3.63, 3.8) is 0 Å². The van der Waals surface area contributed by atoms with Crippen molar-refractivity contribution in [1.29, 1.82) is 0 Å². The lowest BCUT2D eigenvalue weighted by atomic mass is 10.2. The second kappa shape index (κ2) is 6.97. The van der Waals surface area contributed by atoms with Crippen molar-refractivity contribution in [1.82, 2.24) is 5.32 Å². The average Bonchev–Trinajstić information content (AvgIpc) is 2.19. The zero-order valence-corrected chi connectivity index (χ0v) is 14.4. The number of hydrogen-bond acceptors (Lipinski definition) is 2. The van der Waals surface area contributed by atoms with E-state index in [1.807, 2.05) is 11.8 Å². The topological polar surface area (TPSA) is 12.0 Å². The zero-order chi connectivity index (χ0) is 13.8. The van der Waals surface area contributed by atoms with Crippen molar-refractivity contribution < 1.29 is 0 Å². The van der Waals surface area contributed by atoms with E-state index in [0.29, 0.717) is 5.92 Å². The van der Waals surface area contributed by atoms with Crippen molar-refractivity contribution in [3.05, 3.63) is 28.2 Å². The van der Waals surface area contributed by atoms with E-state index in [4.69, 9.17) is 0 Å². The number of rotatable bonds is 5. The Kier molecular flexibility index (Phi) is 6.22. The van der Waals surface area contributed by atoms with E-state index in [0.717, 1.165) is 17.6 Å². The van der Waals surface area contributed by atoms with Gasteiger partial charge in [-0.05, 0) is 36.2 Å². The lowest BCUT2D eigenvalue weighted by Gasteiger charge is -2.20. The minimum absolute atomic E-state index is 0.251. The van der Waals surface area contributed by atoms with Crippen LogP contribution in [0.4, 0.5) is 0 Å². The number of benzene rings is 1. The Labute approximate surface area is 124 Å². The van der Waals surface area contributed by atoms with Gasteiger partial charge in [-0.25, -0.2) is 0 Å². The second-order valence-corrected chi connectivity index (χ2v) is 8.78. The first-order valence-corrected chi connectivity index (χ1v) is 8.07. The Morgan fingerprint density at radius 3 is 2.50 bits per heavy atom. The number of hydrogen-bond donors (Lipinski definition) is 1. The number of nitrogens with one attached hydrogen (secondary N) is 1. The van der Waals surface area contributed by atoms with E-state index in [1.165, 1.54) is 10.5 Å². The summed E-state index contributed by atoms with van der Waals surface area (Å²) in [5.74, 6) is 0.691. The third kappa shape index (κ3) is 6.26. The highest BCUT2D eigenvalue weighted by Gasteiger charge is 2.14. The molecule has 0 aliphatic carbocycles. The van der Waals surface area contributed by atoms with E-state index >= 15 is 0 Å². The molecule has 1 rings (SSSR count). The quantitative estimate of drug-likeness (QED) is 0.755. The van der Waals surface area contributed by atoms with Crippen molar-refractivity contribution in [2.24, 2.45) is 5.92 Å². The lowest BCUT2D eigenvalue weighted by molar-refractivity contribution is 0.550. The highest BCUT2D eigenvalue weighted by molar-refractivity contribution is 9.10. The van der Waals surface area contributed by atoms with Crippen LogP contribution in [-0.4, -0.2) is 11.3 Å². The van der Waals surface area contributed by atoms with E-state index < -0.39 is 0 Å². The van der Waals surface area contributed by atoms with Crippen LogP contribution in [0.1, 0.15) is 40.2 Å². The first kappa shape index (κ1) is 16.1. The van der Waals surface area contributed by atoms with Crippen molar-refractivity contribution in [3.8, 4) is 0 Å². The molecule has 0 aromatic heterocycles. The minimum Gasteiger partial charge on any atom is -0.312 e. The molecule has 102 valence electrons. The largest absolute Gasteiger partial charge is 0.312 e. The monoisotopic (exact) mass is 329 g/mol. The first-order valence-electron chi connectivity index (χ1n) is 6.46. The standard InChI is InChI=1S/C15H24BrNS/c1-11(2)9-17-10-12-8-13(16)6-7-14(12)18-15(3,4)5/h6-8,11,17H,9-10H2,1-5H3. The lowest BCUT2D eigenvalue weighted by Crippen LogP contribution is -2.19. The molecule has 0 fully saturated rings. The fraction of sp³-hybridized carbons (Fsp3) is 0.600. The summed E-state index contributed by atoms with van der Waals surface area (Å²) in [4.78, 5) is 1.38. The fourth-order valence-corrected chi connectivity index (χ4v) is 3.08. The molecule has 1 N–H and O–H groups in total. The molecule has 1 aromatic carbocycles. The molecule has 1 nitrogen and oxygen atoms in total. The van der Waals surface area contributed by atoms with Crippen LogP contribution in [0.3, 0.4) is 0 Å². The first-order chi connectivity index (χ1) is 8.28. The van der Waals surface area contributed by atoms with E-state index in [1.54, 1.807) is 0 Å². The third-order valence-corrected chi connectivity index (χ3v) is 4.03. The van der Waals surface area contributed by atoms with Crippen LogP contribution < -0.4 is 5.32 Å². The zero-order valence-electron chi connectivity index (χ0n) is 12.0. The molecule has 1 aromatic rings. The Morgan fingerprint density at radius 2 is 1.94 bits per heavy atom. The van der Waals surface area contributed by atoms with Gasteiger partial charge in [-0.3, -0.25) is 0 Å². The summed E-state index contributed by atoms with van der Waals surface area (Å²) in [5, 5.41) is 3.52. The molecular formula is C15H24BrNS. The Bertz CT molecular complexity index is 383. The highest BCUT2D eigenvalue weighted by atomic mass is 79.9. The van der Waals surface area contributed by atoms with Crippen LogP contribution in [0.2, 0.25) is 0 Å². The molecule has 0 spiro atoms. The van der Waals surface area contributed by atoms with Gasteiger partial charge < -0.3 is 5.32 Å². The van der Waals surface area contributed by atoms with E-state index in [9.17, 15) is 0 Å². The molecular weight excluding hydrogens is 306 g/mol. The summed E-state index contributed by atoms with van der Waals surface area (Å²) in [7, 11) is 0. The molecule has 0 saturated carbocycles. The van der Waals surface area contributed by atoms with Crippen LogP contribution in [0.5, 0.6) is 0 Å². The Balaban J connectivity index is 2.77. The van der Waals surface area contributed by atoms with E-state index in [2.05, 4.69) is 74.1 Å². The van der Waals surface area contributed by atoms with Gasteiger partial charge in [0.15, 0.2) is 0 Å². The number of thioether (sulfide) groups is 1. The van der Waals surface area contributed by atoms with Crippen LogP contribution in [-0.2, 0) is 6.54 Å². The fourth-order valence-electron chi connectivity index (χ4n) is 1.61. The molecule has 0 heterocycles. The summed E-state index contributed by atoms with van der Waals surface area (Å²) in [6.07, 6.45) is 0.